The Labute approximate surface area is 190 Å². The molecule has 31 heavy (non-hydrogen) atoms. The Morgan fingerprint density at radius 2 is 1.71 bits per heavy atom. The lowest BCUT2D eigenvalue weighted by Crippen LogP contribution is -2.17. The van der Waals surface area contributed by atoms with Crippen molar-refractivity contribution in [3.8, 4) is 17.2 Å². The highest BCUT2D eigenvalue weighted by Gasteiger charge is 2.10. The van der Waals surface area contributed by atoms with Crippen molar-refractivity contribution in [2.75, 3.05) is 14.2 Å². The first-order valence-corrected chi connectivity index (χ1v) is 9.98. The van der Waals surface area contributed by atoms with Crippen molar-refractivity contribution in [3.05, 3.63) is 87.4 Å². The topological polar surface area (TPSA) is 69.2 Å². The normalized spacial score (nSPS) is 10.7. The fourth-order valence-corrected chi connectivity index (χ4v) is 3.12. The largest absolute Gasteiger partial charge is 0.493 e. The van der Waals surface area contributed by atoms with Gasteiger partial charge in [-0.15, -0.1) is 0 Å². The van der Waals surface area contributed by atoms with Crippen molar-refractivity contribution in [1.29, 1.82) is 0 Å². The number of hydrogen-bond donors (Lipinski definition) is 1. The van der Waals surface area contributed by atoms with Gasteiger partial charge in [-0.25, -0.2) is 5.43 Å². The first-order chi connectivity index (χ1) is 15.0. The summed E-state index contributed by atoms with van der Waals surface area (Å²) >= 11 is 12.0. The zero-order chi connectivity index (χ0) is 22.2. The van der Waals surface area contributed by atoms with E-state index in [0.29, 0.717) is 39.5 Å². The number of methoxy groups -OCH3 is 2. The van der Waals surface area contributed by atoms with Gasteiger partial charge < -0.3 is 14.2 Å². The number of nitrogens with one attached hydrogen (secondary N) is 1. The van der Waals surface area contributed by atoms with E-state index in [2.05, 4.69) is 10.5 Å². The van der Waals surface area contributed by atoms with Crippen LogP contribution in [0.1, 0.15) is 21.5 Å². The molecule has 0 spiro atoms. The van der Waals surface area contributed by atoms with Crippen LogP contribution in [0.3, 0.4) is 0 Å². The molecule has 6 nitrogen and oxygen atoms in total. The molecule has 0 aliphatic heterocycles. The number of ether oxygens (including phenoxy) is 3. The molecule has 0 aromatic heterocycles. The average molecular weight is 459 g/mol. The Hall–Kier alpha value is -3.22. The van der Waals surface area contributed by atoms with E-state index in [-0.39, 0.29) is 5.91 Å². The van der Waals surface area contributed by atoms with Gasteiger partial charge in [-0.2, -0.15) is 5.10 Å². The van der Waals surface area contributed by atoms with Gasteiger partial charge >= 0.3 is 0 Å². The summed E-state index contributed by atoms with van der Waals surface area (Å²) in [5.41, 5.74) is 4.53. The highest BCUT2D eigenvalue weighted by atomic mass is 35.5. The van der Waals surface area contributed by atoms with Gasteiger partial charge in [0.05, 0.1) is 20.4 Å². The second kappa shape index (κ2) is 10.7. The van der Waals surface area contributed by atoms with Gasteiger partial charge in [0.1, 0.15) is 12.4 Å². The molecule has 0 atom stereocenters. The smallest absolute Gasteiger partial charge is 0.271 e. The van der Waals surface area contributed by atoms with E-state index in [4.69, 9.17) is 37.4 Å². The highest BCUT2D eigenvalue weighted by Crippen LogP contribution is 2.27. The van der Waals surface area contributed by atoms with Crippen LogP contribution < -0.4 is 19.6 Å². The Morgan fingerprint density at radius 3 is 2.39 bits per heavy atom. The molecule has 1 amide bonds. The molecule has 0 saturated heterocycles. The van der Waals surface area contributed by atoms with Crippen LogP contribution in [0.2, 0.25) is 10.0 Å². The summed E-state index contributed by atoms with van der Waals surface area (Å²) in [6.45, 7) is 0.324. The zero-order valence-corrected chi connectivity index (χ0v) is 18.4. The van der Waals surface area contributed by atoms with Crippen LogP contribution in [0.5, 0.6) is 17.2 Å². The lowest BCUT2D eigenvalue weighted by molar-refractivity contribution is 0.0954. The highest BCUT2D eigenvalue weighted by molar-refractivity contribution is 6.35. The number of nitrogens with zero attached hydrogens (tertiary/aromatic N) is 1. The summed E-state index contributed by atoms with van der Waals surface area (Å²) in [4.78, 5) is 12.3. The minimum atomic E-state index is -0.364. The van der Waals surface area contributed by atoms with Crippen molar-refractivity contribution in [2.24, 2.45) is 5.10 Å². The maximum absolute atomic E-state index is 12.3. The molecule has 3 rings (SSSR count). The van der Waals surface area contributed by atoms with Crippen molar-refractivity contribution < 1.29 is 19.0 Å². The average Bonchev–Trinajstić information content (AvgIpc) is 2.78. The van der Waals surface area contributed by atoms with E-state index in [1.807, 2.05) is 18.2 Å². The second-order valence-corrected chi connectivity index (χ2v) is 7.21. The Morgan fingerprint density at radius 1 is 0.968 bits per heavy atom. The summed E-state index contributed by atoms with van der Waals surface area (Å²) in [7, 11) is 3.04. The van der Waals surface area contributed by atoms with E-state index in [1.54, 1.807) is 48.7 Å². The van der Waals surface area contributed by atoms with E-state index in [1.165, 1.54) is 14.2 Å². The number of carbonyl (C=O) groups is 1. The minimum absolute atomic E-state index is 0.324. The molecule has 0 fully saturated rings. The fourth-order valence-electron chi connectivity index (χ4n) is 2.66. The Bertz CT molecular complexity index is 1090. The first kappa shape index (κ1) is 22.5. The van der Waals surface area contributed by atoms with Gasteiger partial charge in [0.2, 0.25) is 0 Å². The maximum Gasteiger partial charge on any atom is 0.271 e. The number of amides is 1. The molecule has 0 unspecified atom stereocenters. The molecule has 0 aliphatic rings. The molecule has 0 saturated carbocycles. The predicted molar refractivity (Wildman–Crippen MR) is 122 cm³/mol. The van der Waals surface area contributed by atoms with Crippen molar-refractivity contribution in [2.45, 2.75) is 6.61 Å². The van der Waals surface area contributed by atoms with Gasteiger partial charge in [-0.3, -0.25) is 4.79 Å². The lowest BCUT2D eigenvalue weighted by atomic mass is 10.2. The molecule has 160 valence electrons. The number of hydrogen-bond acceptors (Lipinski definition) is 5. The van der Waals surface area contributed by atoms with E-state index < -0.39 is 0 Å². The fraction of sp³-hybridized carbons (Fsp3) is 0.130. The Kier molecular flexibility index (Phi) is 7.76. The third-order valence-corrected chi connectivity index (χ3v) is 4.90. The van der Waals surface area contributed by atoms with Crippen molar-refractivity contribution in [3.63, 3.8) is 0 Å². The summed E-state index contributed by atoms with van der Waals surface area (Å²) in [6.07, 6.45) is 1.54. The summed E-state index contributed by atoms with van der Waals surface area (Å²) in [5.74, 6) is 1.33. The van der Waals surface area contributed by atoms with Crippen molar-refractivity contribution in [1.82, 2.24) is 5.43 Å². The molecule has 0 aliphatic carbocycles. The minimum Gasteiger partial charge on any atom is -0.493 e. The molecule has 1 N–H and O–H groups in total. The molecule has 0 heterocycles. The zero-order valence-electron chi connectivity index (χ0n) is 16.9. The number of hydrazone groups is 1. The van der Waals surface area contributed by atoms with Crippen LogP contribution in [0.25, 0.3) is 0 Å². The van der Waals surface area contributed by atoms with Gasteiger partial charge in [-0.1, -0.05) is 29.3 Å². The quantitative estimate of drug-likeness (QED) is 0.364. The molecule has 3 aromatic carbocycles. The Balaban J connectivity index is 1.55. The number of benzene rings is 3. The second-order valence-electron chi connectivity index (χ2n) is 6.36. The monoisotopic (exact) mass is 458 g/mol. The number of rotatable bonds is 8. The van der Waals surface area contributed by atoms with E-state index in [9.17, 15) is 4.79 Å². The van der Waals surface area contributed by atoms with Crippen LogP contribution in [-0.2, 0) is 6.61 Å². The van der Waals surface area contributed by atoms with Crippen LogP contribution in [0, 0.1) is 0 Å². The van der Waals surface area contributed by atoms with Gasteiger partial charge in [0, 0.05) is 21.2 Å². The number of halogens is 2. The summed E-state index contributed by atoms with van der Waals surface area (Å²) in [6, 6.07) is 17.4. The molecule has 0 bridgehead atoms. The SMILES string of the molecule is COc1ccc(C(=O)NN=Cc2ccc(OCc3ccc(Cl)cc3Cl)cc2)cc1OC. The first-order valence-electron chi connectivity index (χ1n) is 9.22. The third-order valence-electron chi connectivity index (χ3n) is 4.31. The molecule has 0 radical (unpaired) electrons. The van der Waals surface area contributed by atoms with Crippen molar-refractivity contribution >= 4 is 35.3 Å². The maximum atomic E-state index is 12.3. The third kappa shape index (κ3) is 6.13. The van der Waals surface area contributed by atoms with Crippen LogP contribution >= 0.6 is 23.2 Å². The summed E-state index contributed by atoms with van der Waals surface area (Å²) < 4.78 is 16.1. The molecule has 3 aromatic rings. The standard InChI is InChI=1S/C23H20Cl2N2O4/c1-29-21-10-6-16(11-22(21)30-2)23(28)27-26-13-15-3-8-19(9-4-15)31-14-17-5-7-18(24)12-20(17)25/h3-13H,14H2,1-2H3,(H,27,28). The van der Waals surface area contributed by atoms with Gasteiger partial charge in [0.25, 0.3) is 5.91 Å². The van der Waals surface area contributed by atoms with Crippen LogP contribution in [0.15, 0.2) is 65.8 Å². The van der Waals surface area contributed by atoms with E-state index >= 15 is 0 Å². The van der Waals surface area contributed by atoms with Gasteiger partial charge in [-0.05, 0) is 60.2 Å². The van der Waals surface area contributed by atoms with Gasteiger partial charge in [0.15, 0.2) is 11.5 Å². The molecular formula is C23H20Cl2N2O4. The van der Waals surface area contributed by atoms with Crippen LogP contribution in [-0.4, -0.2) is 26.3 Å². The van der Waals surface area contributed by atoms with Crippen LogP contribution in [0.4, 0.5) is 0 Å². The summed E-state index contributed by atoms with van der Waals surface area (Å²) in [5, 5.41) is 5.13. The lowest BCUT2D eigenvalue weighted by Gasteiger charge is -2.09. The molecule has 8 heteroatoms. The number of carbonyl (C=O) groups excluding carboxylic acids is 1. The van der Waals surface area contributed by atoms with E-state index in [0.717, 1.165) is 11.1 Å². The molecular weight excluding hydrogens is 439 g/mol. The predicted octanol–water partition coefficient (Wildman–Crippen LogP) is 5.35.